The fourth-order valence-electron chi connectivity index (χ4n) is 3.31. The first-order valence-corrected chi connectivity index (χ1v) is 8.57. The molecule has 0 saturated carbocycles. The van der Waals surface area contributed by atoms with Crippen LogP contribution < -0.4 is 0 Å². The zero-order valence-electron chi connectivity index (χ0n) is 15.0. The second kappa shape index (κ2) is 6.23. The highest BCUT2D eigenvalue weighted by atomic mass is 16.1. The number of hydrogen-bond donors (Lipinski definition) is 0. The molecular weight excluding hydrogens is 322 g/mol. The average molecular weight is 341 g/mol. The maximum atomic E-state index is 13.1. The van der Waals surface area contributed by atoms with E-state index in [2.05, 4.69) is 14.5 Å². The van der Waals surface area contributed by atoms with Crippen LogP contribution in [-0.4, -0.2) is 20.3 Å². The monoisotopic (exact) mass is 341 g/mol. The highest BCUT2D eigenvalue weighted by molar-refractivity contribution is 6.15. The van der Waals surface area contributed by atoms with E-state index in [0.29, 0.717) is 11.3 Å². The van der Waals surface area contributed by atoms with E-state index in [1.165, 1.54) is 6.33 Å². The van der Waals surface area contributed by atoms with Gasteiger partial charge >= 0.3 is 0 Å². The molecule has 2 aromatic heterocycles. The zero-order chi connectivity index (χ0) is 18.3. The summed E-state index contributed by atoms with van der Waals surface area (Å²) >= 11 is 0. The first kappa shape index (κ1) is 16.2. The number of para-hydroxylation sites is 1. The van der Waals surface area contributed by atoms with Crippen LogP contribution in [0.15, 0.2) is 60.9 Å². The van der Waals surface area contributed by atoms with Crippen LogP contribution >= 0.6 is 0 Å². The lowest BCUT2D eigenvalue weighted by Crippen LogP contribution is -2.06. The van der Waals surface area contributed by atoms with Gasteiger partial charge in [-0.3, -0.25) is 9.36 Å². The SMILES string of the molecule is Cc1ccc(C(=O)c2ncnc3c2c(C)c(C)n3-c2ccccc2)cc1. The number of carbonyl (C=O) groups excluding carboxylic acids is 1. The molecule has 0 fully saturated rings. The van der Waals surface area contributed by atoms with Crippen LogP contribution in [0.2, 0.25) is 0 Å². The summed E-state index contributed by atoms with van der Waals surface area (Å²) < 4.78 is 2.08. The second-order valence-corrected chi connectivity index (χ2v) is 6.50. The van der Waals surface area contributed by atoms with Gasteiger partial charge < -0.3 is 0 Å². The standard InChI is InChI=1S/C22H19N3O/c1-14-9-11-17(12-10-14)21(26)20-19-15(2)16(3)25(22(19)24-13-23-20)18-7-5-4-6-8-18/h4-13H,1-3H3. The van der Waals surface area contributed by atoms with Gasteiger partial charge in [-0.15, -0.1) is 0 Å². The van der Waals surface area contributed by atoms with Crippen LogP contribution in [0.1, 0.15) is 32.9 Å². The number of rotatable bonds is 3. The van der Waals surface area contributed by atoms with Gasteiger partial charge in [0.2, 0.25) is 5.78 Å². The molecule has 0 aliphatic heterocycles. The fourth-order valence-corrected chi connectivity index (χ4v) is 3.31. The van der Waals surface area contributed by atoms with Gasteiger partial charge in [0.25, 0.3) is 0 Å². The third kappa shape index (κ3) is 2.51. The maximum Gasteiger partial charge on any atom is 0.212 e. The Labute approximate surface area is 152 Å². The molecule has 4 nitrogen and oxygen atoms in total. The summed E-state index contributed by atoms with van der Waals surface area (Å²) in [6, 6.07) is 17.6. The lowest BCUT2D eigenvalue weighted by molar-refractivity contribution is 0.103. The minimum atomic E-state index is -0.0780. The Kier molecular flexibility index (Phi) is 3.88. The van der Waals surface area contributed by atoms with Gasteiger partial charge in [0, 0.05) is 16.9 Å². The Morgan fingerprint density at radius 2 is 1.58 bits per heavy atom. The van der Waals surface area contributed by atoms with Gasteiger partial charge in [-0.05, 0) is 38.5 Å². The third-order valence-electron chi connectivity index (χ3n) is 4.84. The van der Waals surface area contributed by atoms with Crippen molar-refractivity contribution in [3.8, 4) is 5.69 Å². The van der Waals surface area contributed by atoms with Gasteiger partial charge in [-0.2, -0.15) is 0 Å². The molecule has 0 aliphatic rings. The van der Waals surface area contributed by atoms with Crippen molar-refractivity contribution in [1.29, 1.82) is 0 Å². The summed E-state index contributed by atoms with van der Waals surface area (Å²) in [5.41, 5.74) is 6.09. The van der Waals surface area contributed by atoms with E-state index in [0.717, 1.165) is 33.5 Å². The third-order valence-corrected chi connectivity index (χ3v) is 4.84. The molecule has 0 unspecified atom stereocenters. The van der Waals surface area contributed by atoms with Crippen molar-refractivity contribution in [3.63, 3.8) is 0 Å². The van der Waals surface area contributed by atoms with Gasteiger partial charge in [0.05, 0.1) is 5.39 Å². The van der Waals surface area contributed by atoms with Crippen molar-refractivity contribution in [1.82, 2.24) is 14.5 Å². The van der Waals surface area contributed by atoms with E-state index in [1.54, 1.807) is 0 Å². The summed E-state index contributed by atoms with van der Waals surface area (Å²) in [5, 5.41) is 0.819. The number of nitrogens with zero attached hydrogens (tertiary/aromatic N) is 3. The minimum absolute atomic E-state index is 0.0780. The predicted octanol–water partition coefficient (Wildman–Crippen LogP) is 4.58. The lowest BCUT2D eigenvalue weighted by atomic mass is 10.0. The van der Waals surface area contributed by atoms with E-state index >= 15 is 0 Å². The Hall–Kier alpha value is -3.27. The van der Waals surface area contributed by atoms with Crippen LogP contribution in [0.3, 0.4) is 0 Å². The quantitative estimate of drug-likeness (QED) is 0.513. The van der Waals surface area contributed by atoms with Crippen molar-refractivity contribution in [3.05, 3.63) is 89.0 Å². The summed E-state index contributed by atoms with van der Waals surface area (Å²) in [5.74, 6) is -0.0780. The van der Waals surface area contributed by atoms with Crippen molar-refractivity contribution < 1.29 is 4.79 Å². The van der Waals surface area contributed by atoms with Gasteiger partial charge in [0.15, 0.2) is 0 Å². The van der Waals surface area contributed by atoms with Gasteiger partial charge in [0.1, 0.15) is 17.7 Å². The van der Waals surface area contributed by atoms with Crippen molar-refractivity contribution in [2.24, 2.45) is 0 Å². The number of hydrogen-bond acceptors (Lipinski definition) is 3. The Bertz CT molecular complexity index is 1110. The summed E-state index contributed by atoms with van der Waals surface area (Å²) in [6.07, 6.45) is 1.47. The summed E-state index contributed by atoms with van der Waals surface area (Å²) in [7, 11) is 0. The van der Waals surface area contributed by atoms with E-state index in [4.69, 9.17) is 0 Å². The van der Waals surface area contributed by atoms with Gasteiger partial charge in [-0.1, -0.05) is 48.0 Å². The predicted molar refractivity (Wildman–Crippen MR) is 103 cm³/mol. The van der Waals surface area contributed by atoms with Crippen LogP contribution in [0, 0.1) is 20.8 Å². The molecule has 26 heavy (non-hydrogen) atoms. The molecule has 4 heteroatoms. The molecule has 4 aromatic rings. The smallest absolute Gasteiger partial charge is 0.212 e. The molecule has 4 rings (SSSR count). The summed E-state index contributed by atoms with van der Waals surface area (Å²) in [6.45, 7) is 6.07. The van der Waals surface area contributed by atoms with Crippen LogP contribution in [-0.2, 0) is 0 Å². The average Bonchev–Trinajstić information content (AvgIpc) is 2.93. The van der Waals surface area contributed by atoms with Crippen molar-refractivity contribution in [2.75, 3.05) is 0 Å². The van der Waals surface area contributed by atoms with Gasteiger partial charge in [-0.25, -0.2) is 9.97 Å². The minimum Gasteiger partial charge on any atom is -0.298 e. The number of ketones is 1. The number of fused-ring (bicyclic) bond motifs is 1. The first-order chi connectivity index (χ1) is 12.6. The Morgan fingerprint density at radius 1 is 0.885 bits per heavy atom. The maximum absolute atomic E-state index is 13.1. The topological polar surface area (TPSA) is 47.8 Å². The lowest BCUT2D eigenvalue weighted by Gasteiger charge is -2.07. The molecular formula is C22H19N3O. The highest BCUT2D eigenvalue weighted by Gasteiger charge is 2.22. The Morgan fingerprint density at radius 3 is 2.27 bits per heavy atom. The first-order valence-electron chi connectivity index (χ1n) is 8.57. The Balaban J connectivity index is 1.96. The molecule has 0 radical (unpaired) electrons. The number of benzene rings is 2. The molecule has 2 heterocycles. The van der Waals surface area contributed by atoms with E-state index in [9.17, 15) is 4.79 Å². The number of aromatic nitrogens is 3. The molecule has 0 amide bonds. The van der Waals surface area contributed by atoms with E-state index in [1.807, 2.05) is 75.4 Å². The molecule has 128 valence electrons. The van der Waals surface area contributed by atoms with Crippen LogP contribution in [0.25, 0.3) is 16.7 Å². The molecule has 2 aromatic carbocycles. The van der Waals surface area contributed by atoms with Crippen molar-refractivity contribution in [2.45, 2.75) is 20.8 Å². The number of carbonyl (C=O) groups is 1. The van der Waals surface area contributed by atoms with Crippen LogP contribution in [0.4, 0.5) is 0 Å². The molecule has 0 atom stereocenters. The van der Waals surface area contributed by atoms with E-state index in [-0.39, 0.29) is 5.78 Å². The van der Waals surface area contributed by atoms with E-state index < -0.39 is 0 Å². The zero-order valence-corrected chi connectivity index (χ0v) is 15.0. The van der Waals surface area contributed by atoms with Crippen LogP contribution in [0.5, 0.6) is 0 Å². The molecule has 0 bridgehead atoms. The highest BCUT2D eigenvalue weighted by Crippen LogP contribution is 2.29. The van der Waals surface area contributed by atoms with Crippen molar-refractivity contribution >= 4 is 16.8 Å². The summed E-state index contributed by atoms with van der Waals surface area (Å²) in [4.78, 5) is 21.9. The fraction of sp³-hybridized carbons (Fsp3) is 0.136. The molecule has 0 aliphatic carbocycles. The second-order valence-electron chi connectivity index (χ2n) is 6.50. The largest absolute Gasteiger partial charge is 0.298 e. The molecule has 0 saturated heterocycles. The molecule has 0 N–H and O–H groups in total. The molecule has 0 spiro atoms. The number of aryl methyl sites for hydroxylation is 2. The normalized spacial score (nSPS) is 11.0.